The average molecular weight is 396 g/mol. The number of aromatic nitrogens is 2. The number of nitrogens with zero attached hydrogens (tertiary/aromatic N) is 3. The zero-order valence-electron chi connectivity index (χ0n) is 14.3. The summed E-state index contributed by atoms with van der Waals surface area (Å²) in [5.74, 6) is 1.91. The topological polar surface area (TPSA) is 55.3 Å². The number of carbonyl (C=O) groups is 1. The van der Waals surface area contributed by atoms with Gasteiger partial charge in [-0.1, -0.05) is 47.0 Å². The molecule has 8 heteroatoms. The van der Waals surface area contributed by atoms with Gasteiger partial charge in [0.1, 0.15) is 5.75 Å². The summed E-state index contributed by atoms with van der Waals surface area (Å²) in [5, 5.41) is 8.35. The van der Waals surface area contributed by atoms with E-state index in [2.05, 4.69) is 22.3 Å². The zero-order chi connectivity index (χ0) is 17.6. The van der Waals surface area contributed by atoms with E-state index < -0.39 is 0 Å². The van der Waals surface area contributed by atoms with Gasteiger partial charge in [-0.15, -0.1) is 10.2 Å². The van der Waals surface area contributed by atoms with Crippen LogP contribution in [-0.4, -0.2) is 46.5 Å². The van der Waals surface area contributed by atoms with Gasteiger partial charge in [0.2, 0.25) is 5.91 Å². The maximum Gasteiger partial charge on any atom is 0.235 e. The summed E-state index contributed by atoms with van der Waals surface area (Å²) in [6.45, 7) is 3.74. The van der Waals surface area contributed by atoms with E-state index in [4.69, 9.17) is 4.74 Å². The van der Waals surface area contributed by atoms with E-state index >= 15 is 0 Å². The summed E-state index contributed by atoms with van der Waals surface area (Å²) in [6.07, 6.45) is 2.24. The Morgan fingerprint density at radius 1 is 1.24 bits per heavy atom. The molecule has 0 aliphatic carbocycles. The van der Waals surface area contributed by atoms with Gasteiger partial charge in [-0.25, -0.2) is 0 Å². The Morgan fingerprint density at radius 3 is 2.60 bits per heavy atom. The van der Waals surface area contributed by atoms with Gasteiger partial charge in [0.25, 0.3) is 0 Å². The van der Waals surface area contributed by atoms with Crippen molar-refractivity contribution in [2.24, 2.45) is 0 Å². The Kier molecular flexibility index (Phi) is 6.61. The van der Waals surface area contributed by atoms with Crippen LogP contribution in [0.15, 0.2) is 32.9 Å². The predicted octanol–water partition coefficient (Wildman–Crippen LogP) is 3.94. The van der Waals surface area contributed by atoms with Crippen molar-refractivity contribution < 1.29 is 9.53 Å². The Labute approximate surface area is 160 Å². The van der Waals surface area contributed by atoms with Gasteiger partial charge < -0.3 is 9.64 Å². The van der Waals surface area contributed by atoms with Crippen LogP contribution in [0.25, 0.3) is 0 Å². The summed E-state index contributed by atoms with van der Waals surface area (Å²) >= 11 is 4.73. The number of benzene rings is 1. The second-order valence-corrected chi connectivity index (χ2v) is 9.55. The fourth-order valence-electron chi connectivity index (χ4n) is 2.57. The molecule has 1 amide bonds. The van der Waals surface area contributed by atoms with E-state index in [0.29, 0.717) is 0 Å². The van der Waals surface area contributed by atoms with E-state index in [9.17, 15) is 4.79 Å². The minimum atomic E-state index is -0.106. The molecule has 1 aromatic carbocycles. The molecule has 0 unspecified atom stereocenters. The van der Waals surface area contributed by atoms with Crippen LogP contribution in [0.1, 0.15) is 25.3 Å². The molecule has 0 spiro atoms. The first-order valence-corrected chi connectivity index (χ1v) is 10.9. The smallest absolute Gasteiger partial charge is 0.235 e. The molecular formula is C17H21N3O2S3. The highest BCUT2D eigenvalue weighted by Crippen LogP contribution is 2.33. The van der Waals surface area contributed by atoms with Crippen LogP contribution in [0.3, 0.4) is 0 Å². The number of hydrogen-bond donors (Lipinski definition) is 0. The van der Waals surface area contributed by atoms with Crippen LogP contribution in [-0.2, 0) is 10.5 Å². The van der Waals surface area contributed by atoms with E-state index in [1.807, 2.05) is 24.0 Å². The zero-order valence-corrected chi connectivity index (χ0v) is 16.8. The number of amides is 1. The van der Waals surface area contributed by atoms with Gasteiger partial charge in [-0.05, 0) is 37.5 Å². The van der Waals surface area contributed by atoms with Crippen molar-refractivity contribution in [3.8, 4) is 5.75 Å². The van der Waals surface area contributed by atoms with Crippen molar-refractivity contribution in [2.45, 2.75) is 39.4 Å². The highest BCUT2D eigenvalue weighted by Gasteiger charge is 2.25. The summed E-state index contributed by atoms with van der Waals surface area (Å²) in [6, 6.07) is 8.03. The van der Waals surface area contributed by atoms with E-state index in [1.165, 1.54) is 17.3 Å². The van der Waals surface area contributed by atoms with Gasteiger partial charge in [0.15, 0.2) is 8.68 Å². The molecular weight excluding hydrogens is 374 g/mol. The van der Waals surface area contributed by atoms with Crippen molar-refractivity contribution >= 4 is 40.8 Å². The lowest BCUT2D eigenvalue weighted by Gasteiger charge is -2.18. The molecule has 5 nitrogen and oxygen atoms in total. The molecule has 1 aliphatic rings. The number of hydrogen-bond acceptors (Lipinski definition) is 7. The molecule has 2 heterocycles. The molecule has 1 fully saturated rings. The number of methoxy groups -OCH3 is 1. The van der Waals surface area contributed by atoms with Gasteiger partial charge in [0, 0.05) is 18.8 Å². The Morgan fingerprint density at radius 2 is 1.92 bits per heavy atom. The van der Waals surface area contributed by atoms with Crippen LogP contribution in [0, 0.1) is 0 Å². The standard InChI is InChI=1S/C17H21N3O2S3/c1-12(15(21)20-9-3-4-10-20)24-17-19-18-16(25-17)23-11-13-5-7-14(22-2)8-6-13/h5-8,12H,3-4,9-11H2,1-2H3/t12-/m1/s1. The first kappa shape index (κ1) is 18.5. The minimum absolute atomic E-state index is 0.106. The van der Waals surface area contributed by atoms with Gasteiger partial charge in [0.05, 0.1) is 12.4 Å². The number of rotatable bonds is 7. The van der Waals surface area contributed by atoms with Crippen molar-refractivity contribution in [1.29, 1.82) is 0 Å². The lowest BCUT2D eigenvalue weighted by Crippen LogP contribution is -2.33. The monoisotopic (exact) mass is 395 g/mol. The van der Waals surface area contributed by atoms with Crippen molar-refractivity contribution in [3.63, 3.8) is 0 Å². The molecule has 1 aliphatic heterocycles. The Balaban J connectivity index is 1.50. The maximum absolute atomic E-state index is 12.4. The first-order valence-electron chi connectivity index (χ1n) is 8.20. The normalized spacial score (nSPS) is 15.4. The van der Waals surface area contributed by atoms with Gasteiger partial charge in [-0.3, -0.25) is 4.79 Å². The lowest BCUT2D eigenvalue weighted by molar-refractivity contribution is -0.129. The summed E-state index contributed by atoms with van der Waals surface area (Å²) in [4.78, 5) is 14.3. The van der Waals surface area contributed by atoms with Gasteiger partial charge in [-0.2, -0.15) is 0 Å². The van der Waals surface area contributed by atoms with Gasteiger partial charge >= 0.3 is 0 Å². The molecule has 1 aromatic heterocycles. The largest absolute Gasteiger partial charge is 0.497 e. The highest BCUT2D eigenvalue weighted by atomic mass is 32.2. The van der Waals surface area contributed by atoms with Crippen molar-refractivity contribution in [2.75, 3.05) is 20.2 Å². The Hall–Kier alpha value is -1.25. The highest BCUT2D eigenvalue weighted by molar-refractivity contribution is 8.03. The molecule has 25 heavy (non-hydrogen) atoms. The number of carbonyl (C=O) groups excluding carboxylic acids is 1. The molecule has 0 saturated carbocycles. The second kappa shape index (κ2) is 8.91. The number of ether oxygens (including phenoxy) is 1. The third-order valence-corrected chi connectivity index (χ3v) is 7.25. The molecule has 134 valence electrons. The first-order chi connectivity index (χ1) is 12.2. The number of thioether (sulfide) groups is 2. The van der Waals surface area contributed by atoms with Crippen molar-refractivity contribution in [3.05, 3.63) is 29.8 Å². The predicted molar refractivity (Wildman–Crippen MR) is 104 cm³/mol. The fraction of sp³-hybridized carbons (Fsp3) is 0.471. The maximum atomic E-state index is 12.4. The van der Waals surface area contributed by atoms with Crippen LogP contribution in [0.2, 0.25) is 0 Å². The molecule has 0 N–H and O–H groups in total. The van der Waals surface area contributed by atoms with E-state index in [1.54, 1.807) is 30.2 Å². The van der Waals surface area contributed by atoms with Crippen molar-refractivity contribution in [1.82, 2.24) is 15.1 Å². The summed E-state index contributed by atoms with van der Waals surface area (Å²) < 4.78 is 6.96. The Bertz CT molecular complexity index is 699. The molecule has 1 saturated heterocycles. The van der Waals surface area contributed by atoms with Crippen LogP contribution in [0.5, 0.6) is 5.75 Å². The SMILES string of the molecule is COc1ccc(CSc2nnc(S[C@H](C)C(=O)N3CCCC3)s2)cc1. The molecule has 3 rings (SSSR count). The summed E-state index contributed by atoms with van der Waals surface area (Å²) in [7, 11) is 1.67. The minimum Gasteiger partial charge on any atom is -0.497 e. The molecule has 2 aromatic rings. The van der Waals surface area contributed by atoms with Crippen LogP contribution >= 0.6 is 34.9 Å². The second-order valence-electron chi connectivity index (χ2n) is 5.76. The average Bonchev–Trinajstić information content (AvgIpc) is 3.32. The van der Waals surface area contributed by atoms with E-state index in [-0.39, 0.29) is 11.2 Å². The van der Waals surface area contributed by atoms with E-state index in [0.717, 1.165) is 46.1 Å². The lowest BCUT2D eigenvalue weighted by atomic mass is 10.2. The quantitative estimate of drug-likeness (QED) is 0.662. The van der Waals surface area contributed by atoms with Crippen LogP contribution in [0.4, 0.5) is 0 Å². The summed E-state index contributed by atoms with van der Waals surface area (Å²) in [5.41, 5.74) is 1.22. The molecule has 0 bridgehead atoms. The third kappa shape index (κ3) is 5.12. The number of likely N-dealkylation sites (tertiary alicyclic amines) is 1. The third-order valence-electron chi connectivity index (χ3n) is 3.95. The molecule has 0 radical (unpaired) electrons. The fourth-order valence-corrected chi connectivity index (χ4v) is 5.77. The van der Waals surface area contributed by atoms with Crippen LogP contribution < -0.4 is 4.74 Å². The molecule has 1 atom stereocenters.